The van der Waals surface area contributed by atoms with Gasteiger partial charge in [-0.2, -0.15) is 0 Å². The highest BCUT2D eigenvalue weighted by molar-refractivity contribution is 8.16. The molecule has 2 aromatic carbocycles. The first-order valence-corrected chi connectivity index (χ1v) is 12.9. The average molecular weight is 527 g/mol. The van der Waals surface area contributed by atoms with E-state index in [1.54, 1.807) is 13.1 Å². The summed E-state index contributed by atoms with van der Waals surface area (Å²) in [5, 5.41) is 5.53. The highest BCUT2D eigenvalue weighted by Gasteiger charge is 2.41. The van der Waals surface area contributed by atoms with Crippen molar-refractivity contribution in [2.45, 2.75) is 25.9 Å². The molecule has 0 bridgehead atoms. The van der Waals surface area contributed by atoms with Crippen LogP contribution in [-0.2, 0) is 20.9 Å². The molecule has 0 fully saturated rings. The van der Waals surface area contributed by atoms with Gasteiger partial charge in [-0.3, -0.25) is 9.78 Å². The zero-order valence-electron chi connectivity index (χ0n) is 21.0. The average Bonchev–Trinajstić information content (AvgIpc) is 3.33. The minimum atomic E-state index is -0.542. The molecule has 192 valence electrons. The van der Waals surface area contributed by atoms with Crippen molar-refractivity contribution in [3.8, 4) is 11.5 Å². The first kappa shape index (κ1) is 25.3. The SMILES string of the molecule is COC(=O)C1=C(C)N=C2SC=C(CC(=O)NCc3ccccn3)N2C1c1cccc(Oc2ccccc2)c1. The molecule has 1 atom stereocenters. The number of thioether (sulfide) groups is 1. The Morgan fingerprint density at radius 2 is 1.82 bits per heavy atom. The van der Waals surface area contributed by atoms with Crippen LogP contribution in [0.3, 0.4) is 0 Å². The van der Waals surface area contributed by atoms with Gasteiger partial charge in [-0.15, -0.1) is 0 Å². The van der Waals surface area contributed by atoms with E-state index in [4.69, 9.17) is 9.47 Å². The predicted octanol–water partition coefficient (Wildman–Crippen LogP) is 5.33. The smallest absolute Gasteiger partial charge is 0.338 e. The van der Waals surface area contributed by atoms with Crippen molar-refractivity contribution >= 4 is 28.8 Å². The van der Waals surface area contributed by atoms with Crippen LogP contribution in [0.4, 0.5) is 0 Å². The van der Waals surface area contributed by atoms with Crippen LogP contribution in [0.1, 0.15) is 30.6 Å². The van der Waals surface area contributed by atoms with Crippen LogP contribution in [0.15, 0.2) is 106 Å². The Morgan fingerprint density at radius 3 is 2.58 bits per heavy atom. The number of aromatic nitrogens is 1. The Morgan fingerprint density at radius 1 is 1.03 bits per heavy atom. The van der Waals surface area contributed by atoms with E-state index in [2.05, 4.69) is 15.3 Å². The Hall–Kier alpha value is -4.37. The molecule has 9 heteroatoms. The van der Waals surface area contributed by atoms with Gasteiger partial charge in [0.05, 0.1) is 43.1 Å². The summed E-state index contributed by atoms with van der Waals surface area (Å²) in [6, 6.07) is 22.1. The van der Waals surface area contributed by atoms with Gasteiger partial charge in [-0.25, -0.2) is 9.79 Å². The fraction of sp³-hybridized carbons (Fsp3) is 0.172. The second-order valence-corrected chi connectivity index (χ2v) is 9.48. The fourth-order valence-corrected chi connectivity index (χ4v) is 5.31. The molecule has 3 heterocycles. The topological polar surface area (TPSA) is 93.1 Å². The molecule has 8 nitrogen and oxygen atoms in total. The molecule has 0 spiro atoms. The van der Waals surface area contributed by atoms with Gasteiger partial charge in [-0.05, 0) is 54.3 Å². The summed E-state index contributed by atoms with van der Waals surface area (Å²) < 4.78 is 11.2. The van der Waals surface area contributed by atoms with Crippen molar-refractivity contribution in [1.82, 2.24) is 15.2 Å². The number of fused-ring (bicyclic) bond motifs is 1. The normalized spacial score (nSPS) is 16.4. The lowest BCUT2D eigenvalue weighted by Gasteiger charge is -2.36. The third kappa shape index (κ3) is 5.47. The van der Waals surface area contributed by atoms with Gasteiger partial charge in [0.1, 0.15) is 11.5 Å². The summed E-state index contributed by atoms with van der Waals surface area (Å²) in [5.74, 6) is 0.706. The number of carbonyl (C=O) groups excluding carboxylic acids is 2. The summed E-state index contributed by atoms with van der Waals surface area (Å²) >= 11 is 1.43. The summed E-state index contributed by atoms with van der Waals surface area (Å²) in [6.45, 7) is 2.13. The van der Waals surface area contributed by atoms with Gasteiger partial charge >= 0.3 is 5.97 Å². The number of nitrogens with zero attached hydrogens (tertiary/aromatic N) is 3. The minimum Gasteiger partial charge on any atom is -0.466 e. The van der Waals surface area contributed by atoms with Crippen LogP contribution in [-0.4, -0.2) is 34.0 Å². The number of pyridine rings is 1. The monoisotopic (exact) mass is 526 g/mol. The summed E-state index contributed by atoms with van der Waals surface area (Å²) in [5.41, 5.74) is 3.31. The number of hydrogen-bond acceptors (Lipinski definition) is 8. The molecule has 1 unspecified atom stereocenters. The largest absolute Gasteiger partial charge is 0.466 e. The minimum absolute atomic E-state index is 0.114. The zero-order chi connectivity index (χ0) is 26.5. The Labute approximate surface area is 225 Å². The zero-order valence-corrected chi connectivity index (χ0v) is 21.8. The van der Waals surface area contributed by atoms with Crippen molar-refractivity contribution in [1.29, 1.82) is 0 Å². The van der Waals surface area contributed by atoms with Crippen molar-refractivity contribution in [2.75, 3.05) is 7.11 Å². The molecule has 1 N–H and O–H groups in total. The van der Waals surface area contributed by atoms with Gasteiger partial charge in [0.25, 0.3) is 0 Å². The van der Waals surface area contributed by atoms with Crippen LogP contribution in [0.5, 0.6) is 11.5 Å². The predicted molar refractivity (Wildman–Crippen MR) is 146 cm³/mol. The quantitative estimate of drug-likeness (QED) is 0.397. The number of carbonyl (C=O) groups is 2. The molecule has 38 heavy (non-hydrogen) atoms. The van der Waals surface area contributed by atoms with Crippen molar-refractivity contribution in [2.24, 2.45) is 4.99 Å². The number of amidine groups is 1. The van der Waals surface area contributed by atoms with Crippen molar-refractivity contribution in [3.05, 3.63) is 113 Å². The first-order chi connectivity index (χ1) is 18.5. The number of rotatable bonds is 8. The van der Waals surface area contributed by atoms with E-state index in [1.165, 1.54) is 18.9 Å². The maximum atomic E-state index is 13.0. The third-order valence-electron chi connectivity index (χ3n) is 6.09. The second-order valence-electron chi connectivity index (χ2n) is 8.65. The van der Waals surface area contributed by atoms with Crippen LogP contribution in [0, 0.1) is 0 Å². The summed E-state index contributed by atoms with van der Waals surface area (Å²) in [6.07, 6.45) is 1.81. The fourth-order valence-electron chi connectivity index (χ4n) is 4.35. The van der Waals surface area contributed by atoms with Gasteiger partial charge in [0.2, 0.25) is 5.91 Å². The van der Waals surface area contributed by atoms with Crippen LogP contribution < -0.4 is 10.1 Å². The number of hydrogen-bond donors (Lipinski definition) is 1. The van der Waals surface area contributed by atoms with Gasteiger partial charge in [0, 0.05) is 11.9 Å². The molecular formula is C29H26N4O4S. The number of aliphatic imine (C=N–C) groups is 1. The number of amides is 1. The van der Waals surface area contributed by atoms with Crippen LogP contribution in [0.25, 0.3) is 0 Å². The van der Waals surface area contributed by atoms with E-state index in [9.17, 15) is 9.59 Å². The van der Waals surface area contributed by atoms with Crippen LogP contribution >= 0.6 is 11.8 Å². The number of ether oxygens (including phenoxy) is 2. The highest BCUT2D eigenvalue weighted by atomic mass is 32.2. The first-order valence-electron chi connectivity index (χ1n) is 12.1. The standard InChI is InChI=1S/C29H26N4O4S/c1-19-26(28(35)36-2)27(20-9-8-13-24(15-20)37-23-11-4-3-5-12-23)33-22(18-38-29(33)32-19)16-25(34)31-17-21-10-6-7-14-30-21/h3-15,18,27H,16-17H2,1-2H3,(H,31,34). The Balaban J connectivity index is 1.43. The van der Waals surface area contributed by atoms with Crippen LogP contribution in [0.2, 0.25) is 0 Å². The molecule has 1 aromatic heterocycles. The van der Waals surface area contributed by atoms with E-state index in [-0.39, 0.29) is 12.3 Å². The number of methoxy groups -OCH3 is 1. The van der Waals surface area contributed by atoms with E-state index in [1.807, 2.05) is 83.1 Å². The molecule has 5 rings (SSSR count). The number of allylic oxidation sites excluding steroid dienone is 1. The van der Waals surface area contributed by atoms with E-state index < -0.39 is 12.0 Å². The summed E-state index contributed by atoms with van der Waals surface area (Å²) in [4.78, 5) is 36.8. The molecule has 0 saturated heterocycles. The lowest BCUT2D eigenvalue weighted by atomic mass is 9.93. The van der Waals surface area contributed by atoms with Gasteiger partial charge in [-0.1, -0.05) is 48.2 Å². The Bertz CT molecular complexity index is 1440. The third-order valence-corrected chi connectivity index (χ3v) is 6.98. The maximum absolute atomic E-state index is 13.0. The van der Waals surface area contributed by atoms with E-state index in [0.717, 1.165) is 17.0 Å². The molecule has 3 aromatic rings. The number of nitrogens with one attached hydrogen (secondary N) is 1. The number of para-hydroxylation sites is 1. The maximum Gasteiger partial charge on any atom is 0.338 e. The highest BCUT2D eigenvalue weighted by Crippen LogP contribution is 2.45. The molecule has 0 saturated carbocycles. The molecule has 2 aliphatic heterocycles. The summed E-state index contributed by atoms with van der Waals surface area (Å²) in [7, 11) is 1.36. The molecular weight excluding hydrogens is 500 g/mol. The molecule has 0 radical (unpaired) electrons. The second kappa shape index (κ2) is 11.4. The lowest BCUT2D eigenvalue weighted by molar-refractivity contribution is -0.136. The van der Waals surface area contributed by atoms with Gasteiger partial charge < -0.3 is 19.7 Å². The lowest BCUT2D eigenvalue weighted by Crippen LogP contribution is -2.37. The Kier molecular flexibility index (Phi) is 7.55. The molecule has 0 aliphatic carbocycles. The van der Waals surface area contributed by atoms with Crippen molar-refractivity contribution < 1.29 is 19.1 Å². The van der Waals surface area contributed by atoms with Crippen molar-refractivity contribution in [3.63, 3.8) is 0 Å². The number of benzene rings is 2. The molecule has 1 amide bonds. The van der Waals surface area contributed by atoms with E-state index in [0.29, 0.717) is 34.5 Å². The van der Waals surface area contributed by atoms with E-state index >= 15 is 0 Å². The van der Waals surface area contributed by atoms with Gasteiger partial charge in [0.15, 0.2) is 5.17 Å². The number of esters is 1. The molecule has 2 aliphatic rings.